The highest BCUT2D eigenvalue weighted by molar-refractivity contribution is 7.93. The molecule has 0 aliphatic heterocycles. The molecule has 0 aliphatic carbocycles. The monoisotopic (exact) mass is 494 g/mol. The number of carbonyl (C=O) groups is 2. The molecule has 4 aromatic rings. The standard InChI is InChI=1S/C23H18N4O5S2/c28-21(19(15-16-5-2-1-3-6-16)26-22(29)20-7-4-13-32-20)25-17-8-10-18(11-9-17)34(30,31)27-23-24-12-14-33-23/h1-15H,(H,24,27)(H,25,28)(H,26,29). The van der Waals surface area contributed by atoms with Gasteiger partial charge in [-0.3, -0.25) is 14.3 Å². The molecule has 2 aromatic heterocycles. The predicted octanol–water partition coefficient (Wildman–Crippen LogP) is 3.95. The molecule has 0 bridgehead atoms. The van der Waals surface area contributed by atoms with E-state index in [0.29, 0.717) is 11.3 Å². The van der Waals surface area contributed by atoms with Crippen molar-refractivity contribution >= 4 is 50.1 Å². The van der Waals surface area contributed by atoms with Gasteiger partial charge in [0.1, 0.15) is 5.70 Å². The molecule has 2 aromatic carbocycles. The van der Waals surface area contributed by atoms with Crippen molar-refractivity contribution < 1.29 is 22.4 Å². The lowest BCUT2D eigenvalue weighted by molar-refractivity contribution is -0.113. The van der Waals surface area contributed by atoms with Crippen LogP contribution in [-0.4, -0.2) is 25.2 Å². The van der Waals surface area contributed by atoms with Gasteiger partial charge in [0, 0.05) is 17.3 Å². The van der Waals surface area contributed by atoms with Crippen molar-refractivity contribution in [2.24, 2.45) is 0 Å². The number of rotatable bonds is 8. The number of aromatic nitrogens is 1. The number of hydrogen-bond acceptors (Lipinski definition) is 7. The fraction of sp³-hybridized carbons (Fsp3) is 0. The Morgan fingerprint density at radius 1 is 0.971 bits per heavy atom. The van der Waals surface area contributed by atoms with Gasteiger partial charge in [-0.2, -0.15) is 0 Å². The molecule has 4 rings (SSSR count). The fourth-order valence-corrected chi connectivity index (χ4v) is 4.62. The quantitative estimate of drug-likeness (QED) is 0.318. The van der Waals surface area contributed by atoms with Crippen molar-refractivity contribution in [1.82, 2.24) is 10.3 Å². The van der Waals surface area contributed by atoms with E-state index < -0.39 is 21.8 Å². The van der Waals surface area contributed by atoms with Crippen molar-refractivity contribution in [3.63, 3.8) is 0 Å². The summed E-state index contributed by atoms with van der Waals surface area (Å²) in [6, 6.07) is 17.6. The molecule has 0 radical (unpaired) electrons. The molecule has 0 spiro atoms. The lowest BCUT2D eigenvalue weighted by atomic mass is 10.2. The highest BCUT2D eigenvalue weighted by Crippen LogP contribution is 2.20. The van der Waals surface area contributed by atoms with Crippen molar-refractivity contribution in [3.05, 3.63) is 102 Å². The summed E-state index contributed by atoms with van der Waals surface area (Å²) in [7, 11) is -3.82. The molecular formula is C23H18N4O5S2. The van der Waals surface area contributed by atoms with E-state index >= 15 is 0 Å². The summed E-state index contributed by atoms with van der Waals surface area (Å²) in [6.07, 6.45) is 4.37. The Balaban J connectivity index is 1.51. The Labute approximate surface area is 199 Å². The maximum absolute atomic E-state index is 13.0. The number of furan rings is 1. The predicted molar refractivity (Wildman–Crippen MR) is 129 cm³/mol. The molecule has 9 nitrogen and oxygen atoms in total. The minimum atomic E-state index is -3.82. The minimum Gasteiger partial charge on any atom is -0.459 e. The molecule has 0 aliphatic rings. The summed E-state index contributed by atoms with van der Waals surface area (Å²) >= 11 is 1.16. The van der Waals surface area contributed by atoms with E-state index in [1.807, 2.05) is 6.07 Å². The topological polar surface area (TPSA) is 130 Å². The van der Waals surface area contributed by atoms with E-state index in [1.54, 1.807) is 35.7 Å². The first-order valence-corrected chi connectivity index (χ1v) is 12.2. The van der Waals surface area contributed by atoms with Gasteiger partial charge >= 0.3 is 0 Å². The molecule has 0 saturated carbocycles. The first-order valence-electron chi connectivity index (χ1n) is 9.86. The Kier molecular flexibility index (Phi) is 6.85. The van der Waals surface area contributed by atoms with Crippen LogP contribution in [0.1, 0.15) is 16.1 Å². The van der Waals surface area contributed by atoms with Crippen LogP contribution in [-0.2, 0) is 14.8 Å². The highest BCUT2D eigenvalue weighted by Gasteiger charge is 2.18. The van der Waals surface area contributed by atoms with Crippen LogP contribution in [0.2, 0.25) is 0 Å². The van der Waals surface area contributed by atoms with Crippen LogP contribution in [0.3, 0.4) is 0 Å². The van der Waals surface area contributed by atoms with E-state index in [0.717, 1.165) is 11.3 Å². The number of nitrogens with one attached hydrogen (secondary N) is 3. The van der Waals surface area contributed by atoms with Crippen molar-refractivity contribution in [2.75, 3.05) is 10.0 Å². The Hall–Kier alpha value is -4.22. The molecule has 0 atom stereocenters. The molecular weight excluding hydrogens is 476 g/mol. The normalized spacial score (nSPS) is 11.6. The summed E-state index contributed by atoms with van der Waals surface area (Å²) < 4.78 is 32.4. The van der Waals surface area contributed by atoms with E-state index in [2.05, 4.69) is 20.3 Å². The summed E-state index contributed by atoms with van der Waals surface area (Å²) in [5.41, 5.74) is 1.02. The van der Waals surface area contributed by atoms with Gasteiger partial charge in [0.15, 0.2) is 10.9 Å². The van der Waals surface area contributed by atoms with Gasteiger partial charge in [-0.25, -0.2) is 13.4 Å². The maximum Gasteiger partial charge on any atom is 0.291 e. The molecule has 0 fully saturated rings. The van der Waals surface area contributed by atoms with Crippen LogP contribution in [0.15, 0.2) is 99.6 Å². The van der Waals surface area contributed by atoms with E-state index in [4.69, 9.17) is 4.42 Å². The zero-order valence-corrected chi connectivity index (χ0v) is 19.1. The largest absolute Gasteiger partial charge is 0.459 e. The second-order valence-electron chi connectivity index (χ2n) is 6.82. The molecule has 34 heavy (non-hydrogen) atoms. The van der Waals surface area contributed by atoms with Gasteiger partial charge in [-0.15, -0.1) is 11.3 Å². The van der Waals surface area contributed by atoms with E-state index in [9.17, 15) is 18.0 Å². The van der Waals surface area contributed by atoms with Crippen LogP contribution in [0.4, 0.5) is 10.8 Å². The number of sulfonamides is 1. The molecule has 2 amide bonds. The number of amides is 2. The highest BCUT2D eigenvalue weighted by atomic mass is 32.2. The Morgan fingerprint density at radius 2 is 1.74 bits per heavy atom. The number of carbonyl (C=O) groups excluding carboxylic acids is 2. The average molecular weight is 495 g/mol. The number of nitrogens with zero attached hydrogens (tertiary/aromatic N) is 1. The lowest BCUT2D eigenvalue weighted by Crippen LogP contribution is -2.30. The van der Waals surface area contributed by atoms with Gasteiger partial charge in [0.2, 0.25) is 0 Å². The summed E-state index contributed by atoms with van der Waals surface area (Å²) in [4.78, 5) is 29.3. The van der Waals surface area contributed by atoms with E-state index in [1.165, 1.54) is 48.9 Å². The smallest absolute Gasteiger partial charge is 0.291 e. The third-order valence-electron chi connectivity index (χ3n) is 4.42. The van der Waals surface area contributed by atoms with Gasteiger partial charge in [-0.1, -0.05) is 30.3 Å². The second-order valence-corrected chi connectivity index (χ2v) is 9.40. The Morgan fingerprint density at radius 3 is 2.38 bits per heavy atom. The van der Waals surface area contributed by atoms with Gasteiger partial charge < -0.3 is 15.1 Å². The van der Waals surface area contributed by atoms with Crippen LogP contribution >= 0.6 is 11.3 Å². The number of hydrogen-bond donors (Lipinski definition) is 3. The molecule has 172 valence electrons. The average Bonchev–Trinajstić information content (AvgIpc) is 3.54. The summed E-state index contributed by atoms with van der Waals surface area (Å²) in [5.74, 6) is -1.13. The first-order chi connectivity index (χ1) is 16.4. The molecule has 0 saturated heterocycles. The Bertz CT molecular complexity index is 1400. The van der Waals surface area contributed by atoms with Crippen LogP contribution in [0.5, 0.6) is 0 Å². The zero-order chi connectivity index (χ0) is 24.0. The third kappa shape index (κ3) is 5.77. The SMILES string of the molecule is O=C(Nc1ccc(S(=O)(=O)Nc2nccs2)cc1)C(=Cc1ccccc1)NC(=O)c1ccco1. The first kappa shape index (κ1) is 23.0. The lowest BCUT2D eigenvalue weighted by Gasteiger charge is -2.11. The van der Waals surface area contributed by atoms with E-state index in [-0.39, 0.29) is 21.5 Å². The van der Waals surface area contributed by atoms with Crippen LogP contribution in [0.25, 0.3) is 6.08 Å². The van der Waals surface area contributed by atoms with Crippen LogP contribution in [0, 0.1) is 0 Å². The maximum atomic E-state index is 13.0. The second kappa shape index (κ2) is 10.1. The van der Waals surface area contributed by atoms with Gasteiger partial charge in [0.05, 0.1) is 11.2 Å². The fourth-order valence-electron chi connectivity index (χ4n) is 2.83. The molecule has 11 heteroatoms. The number of thiazole rings is 1. The summed E-state index contributed by atoms with van der Waals surface area (Å²) in [5, 5.41) is 7.12. The van der Waals surface area contributed by atoms with Gasteiger partial charge in [0.25, 0.3) is 21.8 Å². The molecule has 0 unspecified atom stereocenters. The van der Waals surface area contributed by atoms with Crippen LogP contribution < -0.4 is 15.4 Å². The van der Waals surface area contributed by atoms with Crippen molar-refractivity contribution in [3.8, 4) is 0 Å². The minimum absolute atomic E-state index is 0.00636. The van der Waals surface area contributed by atoms with Crippen molar-refractivity contribution in [2.45, 2.75) is 4.90 Å². The molecule has 2 heterocycles. The zero-order valence-electron chi connectivity index (χ0n) is 17.5. The number of benzene rings is 2. The molecule has 3 N–H and O–H groups in total. The van der Waals surface area contributed by atoms with Crippen molar-refractivity contribution in [1.29, 1.82) is 0 Å². The summed E-state index contributed by atoms with van der Waals surface area (Å²) in [6.45, 7) is 0. The third-order valence-corrected chi connectivity index (χ3v) is 6.60. The number of anilines is 2. The van der Waals surface area contributed by atoms with Gasteiger partial charge in [-0.05, 0) is 48.0 Å².